The maximum absolute atomic E-state index is 4.62. The van der Waals surface area contributed by atoms with Gasteiger partial charge in [0.2, 0.25) is 0 Å². The van der Waals surface area contributed by atoms with Gasteiger partial charge in [0.15, 0.2) is 0 Å². The zero-order valence-corrected chi connectivity index (χ0v) is 9.13. The number of nitrogens with zero attached hydrogens (tertiary/aromatic N) is 2. The van der Waals surface area contributed by atoms with Crippen LogP contribution in [0.2, 0.25) is 0 Å². The average molecular weight is 218 g/mol. The third-order valence-electron chi connectivity index (χ3n) is 2.57. The molecule has 3 nitrogen and oxygen atoms in total. The lowest BCUT2D eigenvalue weighted by atomic mass is 10.2. The van der Waals surface area contributed by atoms with Gasteiger partial charge in [0.1, 0.15) is 5.01 Å². The highest BCUT2D eigenvalue weighted by molar-refractivity contribution is 7.18. The zero-order chi connectivity index (χ0) is 10.1. The molecule has 1 radical (unpaired) electrons. The van der Waals surface area contributed by atoms with Crippen LogP contribution in [0.25, 0.3) is 10.2 Å². The molecule has 1 atom stereocenters. The zero-order valence-electron chi connectivity index (χ0n) is 8.31. The van der Waals surface area contributed by atoms with Gasteiger partial charge in [-0.2, -0.15) is 0 Å². The van der Waals surface area contributed by atoms with Crippen LogP contribution in [0.15, 0.2) is 24.3 Å². The summed E-state index contributed by atoms with van der Waals surface area (Å²) < 4.78 is 1.26. The molecule has 1 N–H and O–H groups in total. The monoisotopic (exact) mass is 218 g/mol. The molecule has 4 heteroatoms. The number of para-hydroxylation sites is 1. The van der Waals surface area contributed by atoms with Crippen LogP contribution in [0, 0.1) is 0 Å². The van der Waals surface area contributed by atoms with Gasteiger partial charge in [-0.25, -0.2) is 10.3 Å². The van der Waals surface area contributed by atoms with Crippen LogP contribution in [0.5, 0.6) is 0 Å². The summed E-state index contributed by atoms with van der Waals surface area (Å²) in [6.45, 7) is 2.84. The van der Waals surface area contributed by atoms with E-state index in [9.17, 15) is 0 Å². The molecule has 77 valence electrons. The first-order chi connectivity index (χ1) is 7.43. The molecule has 1 aliphatic heterocycles. The fourth-order valence-electron chi connectivity index (χ4n) is 1.80. The summed E-state index contributed by atoms with van der Waals surface area (Å²) in [5.41, 5.74) is 1.10. The van der Waals surface area contributed by atoms with Crippen molar-refractivity contribution in [1.82, 2.24) is 15.6 Å². The molecule has 0 bridgehead atoms. The van der Waals surface area contributed by atoms with Gasteiger partial charge in [-0.1, -0.05) is 12.1 Å². The van der Waals surface area contributed by atoms with E-state index in [0.717, 1.165) is 30.2 Å². The first kappa shape index (κ1) is 9.27. The number of nitrogens with one attached hydrogen (secondary N) is 1. The summed E-state index contributed by atoms with van der Waals surface area (Å²) in [6.07, 6.45) is 0. The van der Waals surface area contributed by atoms with E-state index in [2.05, 4.69) is 33.8 Å². The van der Waals surface area contributed by atoms with Crippen LogP contribution in [0.4, 0.5) is 0 Å². The number of thiazole rings is 1. The minimum atomic E-state index is 0.260. The Morgan fingerprint density at radius 3 is 3.07 bits per heavy atom. The smallest absolute Gasteiger partial charge is 0.114 e. The summed E-state index contributed by atoms with van der Waals surface area (Å²) in [5.74, 6) is 0. The van der Waals surface area contributed by atoms with Gasteiger partial charge < -0.3 is 5.32 Å². The van der Waals surface area contributed by atoms with Crippen LogP contribution in [-0.2, 0) is 0 Å². The highest BCUT2D eigenvalue weighted by Gasteiger charge is 2.19. The minimum Gasteiger partial charge on any atom is -0.313 e. The van der Waals surface area contributed by atoms with Crippen LogP contribution >= 0.6 is 11.3 Å². The average Bonchev–Trinajstić information content (AvgIpc) is 2.74. The van der Waals surface area contributed by atoms with Crippen LogP contribution in [0.1, 0.15) is 11.0 Å². The molecule has 1 unspecified atom stereocenters. The number of benzene rings is 1. The van der Waals surface area contributed by atoms with Gasteiger partial charge in [0, 0.05) is 19.6 Å². The van der Waals surface area contributed by atoms with Crippen LogP contribution in [-0.4, -0.2) is 24.6 Å². The fraction of sp³-hybridized carbons (Fsp3) is 0.364. The van der Waals surface area contributed by atoms with Gasteiger partial charge in [-0.3, -0.25) is 0 Å². The summed E-state index contributed by atoms with van der Waals surface area (Å²) in [5, 5.41) is 9.07. The third kappa shape index (κ3) is 1.76. The maximum Gasteiger partial charge on any atom is 0.114 e. The van der Waals surface area contributed by atoms with Gasteiger partial charge in [0.25, 0.3) is 0 Å². The molecule has 0 aliphatic carbocycles. The number of hydrogen-bond acceptors (Lipinski definition) is 3. The Labute approximate surface area is 92.5 Å². The summed E-state index contributed by atoms with van der Waals surface area (Å²) in [4.78, 5) is 4.62. The Kier molecular flexibility index (Phi) is 2.40. The van der Waals surface area contributed by atoms with Crippen molar-refractivity contribution in [2.24, 2.45) is 0 Å². The summed E-state index contributed by atoms with van der Waals surface area (Å²) in [7, 11) is 0. The van der Waals surface area contributed by atoms with E-state index in [0.29, 0.717) is 0 Å². The quantitative estimate of drug-likeness (QED) is 0.788. The highest BCUT2D eigenvalue weighted by Crippen LogP contribution is 2.26. The lowest BCUT2D eigenvalue weighted by Gasteiger charge is -2.20. The predicted octanol–water partition coefficient (Wildman–Crippen LogP) is 1.54. The summed E-state index contributed by atoms with van der Waals surface area (Å²) in [6, 6.07) is 8.53. The fourth-order valence-corrected chi connectivity index (χ4v) is 2.83. The molecular formula is C11H12N3S. The molecule has 0 saturated carbocycles. The van der Waals surface area contributed by atoms with Gasteiger partial charge in [-0.15, -0.1) is 11.3 Å². The summed E-state index contributed by atoms with van der Waals surface area (Å²) >= 11 is 1.76. The minimum absolute atomic E-state index is 0.260. The van der Waals surface area contributed by atoms with Gasteiger partial charge >= 0.3 is 0 Å². The molecule has 15 heavy (non-hydrogen) atoms. The SMILES string of the molecule is c1ccc2sc(C3CNCC[N]3)nc2c1. The van der Waals surface area contributed by atoms with E-state index >= 15 is 0 Å². The van der Waals surface area contributed by atoms with E-state index in [1.54, 1.807) is 11.3 Å². The molecule has 3 rings (SSSR count). The molecular weight excluding hydrogens is 206 g/mol. The van der Waals surface area contributed by atoms with Crippen molar-refractivity contribution in [2.45, 2.75) is 6.04 Å². The first-order valence-corrected chi connectivity index (χ1v) is 5.98. The second kappa shape index (κ2) is 3.89. The van der Waals surface area contributed by atoms with Crippen molar-refractivity contribution in [3.63, 3.8) is 0 Å². The van der Waals surface area contributed by atoms with Crippen molar-refractivity contribution >= 4 is 21.6 Å². The lowest BCUT2D eigenvalue weighted by molar-refractivity contribution is 0.421. The van der Waals surface area contributed by atoms with Gasteiger partial charge in [-0.05, 0) is 12.1 Å². The molecule has 1 aliphatic rings. The van der Waals surface area contributed by atoms with Crippen LogP contribution in [0.3, 0.4) is 0 Å². The Morgan fingerprint density at radius 1 is 1.33 bits per heavy atom. The molecule has 1 aromatic carbocycles. The molecule has 1 fully saturated rings. The number of hydrogen-bond donors (Lipinski definition) is 1. The van der Waals surface area contributed by atoms with Crippen molar-refractivity contribution < 1.29 is 0 Å². The Balaban J connectivity index is 1.96. The topological polar surface area (TPSA) is 39.0 Å². The van der Waals surface area contributed by atoms with E-state index < -0.39 is 0 Å². The maximum atomic E-state index is 4.62. The molecule has 0 spiro atoms. The van der Waals surface area contributed by atoms with E-state index in [-0.39, 0.29) is 6.04 Å². The number of rotatable bonds is 1. The molecule has 0 amide bonds. The first-order valence-electron chi connectivity index (χ1n) is 5.16. The molecule has 1 aromatic heterocycles. The van der Waals surface area contributed by atoms with E-state index in [1.807, 2.05) is 6.07 Å². The number of aromatic nitrogens is 1. The second-order valence-corrected chi connectivity index (χ2v) is 4.71. The van der Waals surface area contributed by atoms with Crippen LogP contribution < -0.4 is 10.6 Å². The van der Waals surface area contributed by atoms with Crippen molar-refractivity contribution in [3.8, 4) is 0 Å². The normalized spacial score (nSPS) is 22.0. The largest absolute Gasteiger partial charge is 0.313 e. The molecule has 2 heterocycles. The van der Waals surface area contributed by atoms with Gasteiger partial charge in [0.05, 0.1) is 16.3 Å². The molecule has 2 aromatic rings. The standard InChI is InChI=1S/C11H12N3S/c1-2-4-10-8(3-1)14-11(15-10)9-7-12-5-6-13-9/h1-4,9,12H,5-7H2. The van der Waals surface area contributed by atoms with Crippen molar-refractivity contribution in [3.05, 3.63) is 29.3 Å². The third-order valence-corrected chi connectivity index (χ3v) is 3.71. The number of piperazine rings is 1. The van der Waals surface area contributed by atoms with E-state index in [4.69, 9.17) is 0 Å². The number of fused-ring (bicyclic) bond motifs is 1. The van der Waals surface area contributed by atoms with E-state index in [1.165, 1.54) is 4.70 Å². The Hall–Kier alpha value is -0.970. The highest BCUT2D eigenvalue weighted by atomic mass is 32.1. The predicted molar refractivity (Wildman–Crippen MR) is 62.2 cm³/mol. The van der Waals surface area contributed by atoms with Crippen molar-refractivity contribution in [1.29, 1.82) is 0 Å². The second-order valence-electron chi connectivity index (χ2n) is 3.65. The Morgan fingerprint density at radius 2 is 2.27 bits per heavy atom. The molecule has 1 saturated heterocycles. The lowest BCUT2D eigenvalue weighted by Crippen LogP contribution is -2.38. The van der Waals surface area contributed by atoms with Crippen molar-refractivity contribution in [2.75, 3.05) is 19.6 Å². The Bertz CT molecular complexity index is 427.